The SMILES string of the molecule is [Ir+3].[Ir+3].[c-]1cc(-c2ccccc2-c2cc(-c3ccccc3-c3c[c-]c(-c4ccccn4)cc3)cc(-c3c4ccccc4nn3-c3c[c-]c4c(c3)c3cccc5c6cc(-n7nc8ccccc8c7-c7cc(-c8ccccc8-c8c[c-]c(-c9ccccn9)cc8)cc(-c8ccccc8-c8c[c-]c(-c9ccccn9)cc8)c7)c[c-]c6c6ncnc4c6c35)c2)ccc1-c1ccccn1. The van der Waals surface area contributed by atoms with Crippen molar-refractivity contribution in [3.63, 3.8) is 0 Å². The second-order valence-corrected chi connectivity index (χ2v) is 31.6. The Balaban J connectivity index is 0.00000483. The van der Waals surface area contributed by atoms with Crippen molar-refractivity contribution in [2.45, 2.75) is 0 Å². The average molecular weight is 1980 g/mol. The second kappa shape index (κ2) is 33.0. The minimum Gasteiger partial charge on any atom is -0.305 e. The van der Waals surface area contributed by atoms with E-state index in [0.717, 1.165) is 244 Å². The monoisotopic (exact) mass is 1980 g/mol. The van der Waals surface area contributed by atoms with Crippen LogP contribution < -0.4 is 0 Å². The number of benzene rings is 17. The van der Waals surface area contributed by atoms with Gasteiger partial charge in [-0.2, -0.15) is 10.2 Å². The maximum atomic E-state index is 5.60. The number of fused-ring (bicyclic) bond motifs is 8. The molecule has 0 aliphatic heterocycles. The molecule has 7 heterocycles. The van der Waals surface area contributed by atoms with Crippen LogP contribution in [-0.4, -0.2) is 49.5 Å². The third-order valence-corrected chi connectivity index (χ3v) is 24.3. The van der Waals surface area contributed by atoms with Crippen molar-refractivity contribution in [2.24, 2.45) is 0 Å². The van der Waals surface area contributed by atoms with E-state index in [1.807, 2.05) is 97.6 Å². The van der Waals surface area contributed by atoms with Crippen LogP contribution in [0.15, 0.2) is 401 Å². The van der Waals surface area contributed by atoms with Gasteiger partial charge in [-0.3, -0.25) is 19.3 Å². The van der Waals surface area contributed by atoms with Crippen molar-refractivity contribution >= 4 is 75.9 Å². The maximum Gasteiger partial charge on any atom is 3.00 e. The zero-order valence-corrected chi connectivity index (χ0v) is 73.0. The van der Waals surface area contributed by atoms with Gasteiger partial charge in [0.25, 0.3) is 0 Å². The van der Waals surface area contributed by atoms with Gasteiger partial charge in [0.15, 0.2) is 0 Å². The zero-order chi connectivity index (χ0) is 83.1. The van der Waals surface area contributed by atoms with Crippen LogP contribution in [0.4, 0.5) is 0 Å². The molecule has 24 rings (SSSR count). The quantitative estimate of drug-likeness (QED) is 0.0534. The van der Waals surface area contributed by atoms with Crippen LogP contribution in [0.5, 0.6) is 0 Å². The van der Waals surface area contributed by atoms with Crippen LogP contribution in [0.1, 0.15) is 0 Å². The average Bonchev–Trinajstić information content (AvgIpc) is 0.888. The fourth-order valence-electron chi connectivity index (χ4n) is 18.5. The molecule has 0 amide bonds. The summed E-state index contributed by atoms with van der Waals surface area (Å²) in [7, 11) is 0. The molecule has 0 aliphatic rings. The number of aromatic nitrogens is 10. The van der Waals surface area contributed by atoms with Crippen LogP contribution in [0.3, 0.4) is 0 Å². The van der Waals surface area contributed by atoms with Gasteiger partial charge in [0.05, 0.1) is 28.7 Å². The molecular weight excluding hydrogens is 1920 g/mol. The van der Waals surface area contributed by atoms with E-state index in [-0.39, 0.29) is 40.2 Å². The molecule has 0 bridgehead atoms. The van der Waals surface area contributed by atoms with Crippen LogP contribution >= 0.6 is 0 Å². The molecular formula is C116H66Ir2N10. The molecule has 0 saturated carbocycles. The molecule has 0 atom stereocenters. The standard InChI is InChI=1S/C116H66N10.2Ir/c1-5-26-93(89(22-1)73-40-48-77(49-41-73)105-34-13-17-60-117-105)81-64-82(94-27-6-2-23-90(94)74-42-50-78(51-43-74)106-35-14-18-61-118-106)67-85(66-81)115-101-30-9-11-38-109(101)123-125(115)87-56-58-99-103(70-87)97-32-21-33-98-104-71-88(57-59-100(104)114-112(111(97)98)113(99)121-72-122-114)126-116(102-31-10-12-39-110(102)124-126)86-68-83(95-28-7-3-24-91(95)75-44-52-79(53-45-75)107-36-15-19-62-119-107)65-84(69-86)96-29-8-4-25-92(96)76-46-54-80(55-47-76)108-37-16-20-63-120-108;;/h1-48,50,52,54,56-57,60-72H;;/q-6;2*+3. The van der Waals surface area contributed by atoms with Gasteiger partial charge in [-0.05, 0) is 168 Å². The van der Waals surface area contributed by atoms with E-state index in [9.17, 15) is 0 Å². The summed E-state index contributed by atoms with van der Waals surface area (Å²) in [6.45, 7) is 0. The molecule has 24 aromatic rings. The minimum absolute atomic E-state index is 0. The Morgan fingerprint density at radius 2 is 0.500 bits per heavy atom. The zero-order valence-electron chi connectivity index (χ0n) is 68.2. The van der Waals surface area contributed by atoms with Crippen molar-refractivity contribution in [1.29, 1.82) is 0 Å². The molecule has 128 heavy (non-hydrogen) atoms. The smallest absolute Gasteiger partial charge is 0.305 e. The summed E-state index contributed by atoms with van der Waals surface area (Å²) in [6, 6.07) is 152. The van der Waals surface area contributed by atoms with E-state index in [1.54, 1.807) is 6.33 Å². The molecule has 0 fully saturated rings. The number of hydrogen-bond donors (Lipinski definition) is 0. The molecule has 0 unspecified atom stereocenters. The summed E-state index contributed by atoms with van der Waals surface area (Å²) in [6.07, 6.45) is 8.98. The molecule has 0 aliphatic carbocycles. The van der Waals surface area contributed by atoms with Gasteiger partial charge >= 0.3 is 40.2 Å². The Kier molecular flexibility index (Phi) is 20.2. The van der Waals surface area contributed by atoms with E-state index >= 15 is 0 Å². The fraction of sp³-hybridized carbons (Fsp3) is 0. The summed E-state index contributed by atoms with van der Waals surface area (Å²) < 4.78 is 4.24. The van der Waals surface area contributed by atoms with E-state index in [1.165, 1.54) is 0 Å². The first-order valence-corrected chi connectivity index (χ1v) is 42.0. The molecule has 0 saturated heterocycles. The minimum atomic E-state index is 0. The number of nitrogens with zero attached hydrogens (tertiary/aromatic N) is 10. The van der Waals surface area contributed by atoms with Gasteiger partial charge in [-0.25, -0.2) is 0 Å². The van der Waals surface area contributed by atoms with Crippen LogP contribution in [0, 0.1) is 36.4 Å². The predicted molar refractivity (Wildman–Crippen MR) is 510 cm³/mol. The predicted octanol–water partition coefficient (Wildman–Crippen LogP) is 28.1. The van der Waals surface area contributed by atoms with Crippen LogP contribution in [-0.2, 0) is 40.2 Å². The van der Waals surface area contributed by atoms with Crippen LogP contribution in [0.25, 0.3) is 244 Å². The van der Waals surface area contributed by atoms with Gasteiger partial charge < -0.3 is 19.9 Å². The molecule has 0 N–H and O–H groups in total. The second-order valence-electron chi connectivity index (χ2n) is 31.6. The molecule has 17 aromatic carbocycles. The summed E-state index contributed by atoms with van der Waals surface area (Å²) in [5.74, 6) is 0. The maximum absolute atomic E-state index is 5.60. The van der Waals surface area contributed by atoms with E-state index < -0.39 is 0 Å². The fourth-order valence-corrected chi connectivity index (χ4v) is 18.5. The number of pyridine rings is 4. The first kappa shape index (κ1) is 78.2. The van der Waals surface area contributed by atoms with Gasteiger partial charge in [0.2, 0.25) is 0 Å². The number of hydrogen-bond acceptors (Lipinski definition) is 8. The van der Waals surface area contributed by atoms with Crippen molar-refractivity contribution in [3.8, 4) is 168 Å². The van der Waals surface area contributed by atoms with Crippen LogP contribution in [0.2, 0.25) is 0 Å². The van der Waals surface area contributed by atoms with Gasteiger partial charge in [-0.15, -0.1) is 166 Å². The summed E-state index contributed by atoms with van der Waals surface area (Å²) in [4.78, 5) is 29.0. The molecule has 12 heteroatoms. The van der Waals surface area contributed by atoms with E-state index in [4.69, 9.17) is 20.2 Å². The summed E-state index contributed by atoms with van der Waals surface area (Å²) >= 11 is 0. The van der Waals surface area contributed by atoms with Crippen molar-refractivity contribution in [3.05, 3.63) is 438 Å². The van der Waals surface area contributed by atoms with Crippen molar-refractivity contribution < 1.29 is 40.2 Å². The van der Waals surface area contributed by atoms with Crippen molar-refractivity contribution in [1.82, 2.24) is 49.5 Å². The molecule has 10 nitrogen and oxygen atoms in total. The van der Waals surface area contributed by atoms with E-state index in [0.29, 0.717) is 0 Å². The first-order valence-electron chi connectivity index (χ1n) is 42.0. The Morgan fingerprint density at radius 3 is 0.805 bits per heavy atom. The molecule has 0 spiro atoms. The Morgan fingerprint density at radius 1 is 0.211 bits per heavy atom. The Hall–Kier alpha value is -15.8. The molecule has 598 valence electrons. The summed E-state index contributed by atoms with van der Waals surface area (Å²) in [5.41, 5.74) is 32.8. The molecule has 0 radical (unpaired) electrons. The number of rotatable bonds is 16. The molecule has 7 aromatic heterocycles. The van der Waals surface area contributed by atoms with Gasteiger partial charge in [0, 0.05) is 46.7 Å². The first-order chi connectivity index (χ1) is 62.5. The third kappa shape index (κ3) is 13.8. The van der Waals surface area contributed by atoms with Crippen molar-refractivity contribution in [2.75, 3.05) is 0 Å². The Labute approximate surface area is 765 Å². The third-order valence-electron chi connectivity index (χ3n) is 24.3. The largest absolute Gasteiger partial charge is 3.00 e. The van der Waals surface area contributed by atoms with Gasteiger partial charge in [0.1, 0.15) is 0 Å². The normalized spacial score (nSPS) is 11.5. The summed E-state index contributed by atoms with van der Waals surface area (Å²) in [5, 5.41) is 21.0. The van der Waals surface area contributed by atoms with E-state index in [2.05, 4.69) is 363 Å². The topological polar surface area (TPSA) is 113 Å². The Bertz CT molecular complexity index is 7580. The van der Waals surface area contributed by atoms with Gasteiger partial charge in [-0.1, -0.05) is 272 Å².